The Kier molecular flexibility index (Phi) is 7.77. The van der Waals surface area contributed by atoms with E-state index < -0.39 is 0 Å². The third-order valence-electron chi connectivity index (χ3n) is 3.76. The maximum Gasteiger partial charge on any atom is 0.0717 e. The molecule has 0 radical (unpaired) electrons. The molecule has 0 saturated carbocycles. The smallest absolute Gasteiger partial charge is 0.0717 e. The van der Waals surface area contributed by atoms with E-state index in [4.69, 9.17) is 10.5 Å². The Labute approximate surface area is 146 Å². The van der Waals surface area contributed by atoms with E-state index in [2.05, 4.69) is 57.2 Å². The van der Waals surface area contributed by atoms with E-state index >= 15 is 0 Å². The van der Waals surface area contributed by atoms with Crippen LogP contribution in [-0.4, -0.2) is 12.6 Å². The summed E-state index contributed by atoms with van der Waals surface area (Å²) in [6.45, 7) is 7.87. The summed E-state index contributed by atoms with van der Waals surface area (Å²) >= 11 is 0. The fourth-order valence-corrected chi connectivity index (χ4v) is 2.40. The SMILES string of the molecule is CC(C)(C)c1ccc(COC[C@H](N)Cc2ccccc2)cc1.Cl. The molecule has 0 saturated heterocycles. The molecule has 2 nitrogen and oxygen atoms in total. The molecule has 0 bridgehead atoms. The van der Waals surface area contributed by atoms with E-state index in [1.807, 2.05) is 18.2 Å². The maximum absolute atomic E-state index is 6.13. The van der Waals surface area contributed by atoms with Crippen LogP contribution >= 0.6 is 12.4 Å². The van der Waals surface area contributed by atoms with Crippen LogP contribution in [0.3, 0.4) is 0 Å². The Morgan fingerprint density at radius 1 is 0.913 bits per heavy atom. The summed E-state index contributed by atoms with van der Waals surface area (Å²) < 4.78 is 5.75. The monoisotopic (exact) mass is 333 g/mol. The number of halogens is 1. The van der Waals surface area contributed by atoms with Crippen molar-refractivity contribution in [2.45, 2.75) is 45.3 Å². The minimum absolute atomic E-state index is 0. The average Bonchev–Trinajstić information content (AvgIpc) is 2.48. The zero-order valence-corrected chi connectivity index (χ0v) is 15.1. The highest BCUT2D eigenvalue weighted by Crippen LogP contribution is 2.22. The Morgan fingerprint density at radius 2 is 1.52 bits per heavy atom. The summed E-state index contributed by atoms with van der Waals surface area (Å²) in [6, 6.07) is 19.0. The standard InChI is InChI=1S/C20H27NO.ClH/c1-20(2,3)18-11-9-17(10-12-18)14-22-15-19(21)13-16-7-5-4-6-8-16;/h4-12,19H,13-15,21H2,1-3H3;1H/t19-;/m1./s1. The molecule has 0 amide bonds. The van der Waals surface area contributed by atoms with Gasteiger partial charge < -0.3 is 10.5 Å². The van der Waals surface area contributed by atoms with Crippen LogP contribution in [0, 0.1) is 0 Å². The van der Waals surface area contributed by atoms with E-state index in [0.29, 0.717) is 13.2 Å². The van der Waals surface area contributed by atoms with Crippen molar-refractivity contribution >= 4 is 12.4 Å². The fraction of sp³-hybridized carbons (Fsp3) is 0.400. The summed E-state index contributed by atoms with van der Waals surface area (Å²) in [4.78, 5) is 0. The number of hydrogen-bond acceptors (Lipinski definition) is 2. The lowest BCUT2D eigenvalue weighted by Gasteiger charge is -2.19. The number of nitrogens with two attached hydrogens (primary N) is 1. The van der Waals surface area contributed by atoms with E-state index in [-0.39, 0.29) is 23.9 Å². The van der Waals surface area contributed by atoms with Gasteiger partial charge in [-0.05, 0) is 28.5 Å². The molecule has 1 atom stereocenters. The van der Waals surface area contributed by atoms with Gasteiger partial charge in [0.1, 0.15) is 0 Å². The van der Waals surface area contributed by atoms with Crippen molar-refractivity contribution in [1.29, 1.82) is 0 Å². The zero-order valence-electron chi connectivity index (χ0n) is 14.3. The van der Waals surface area contributed by atoms with Gasteiger partial charge in [0.25, 0.3) is 0 Å². The highest BCUT2D eigenvalue weighted by Gasteiger charge is 2.12. The van der Waals surface area contributed by atoms with E-state index in [1.165, 1.54) is 16.7 Å². The molecule has 3 heteroatoms. The molecule has 0 unspecified atom stereocenters. The van der Waals surface area contributed by atoms with Crippen molar-refractivity contribution in [2.24, 2.45) is 5.73 Å². The Balaban J connectivity index is 0.00000264. The van der Waals surface area contributed by atoms with Crippen molar-refractivity contribution in [2.75, 3.05) is 6.61 Å². The Hall–Kier alpha value is -1.35. The van der Waals surface area contributed by atoms with Crippen LogP contribution in [0.15, 0.2) is 54.6 Å². The molecule has 2 N–H and O–H groups in total. The second kappa shape index (κ2) is 9.07. The second-order valence-corrected chi connectivity index (χ2v) is 6.91. The van der Waals surface area contributed by atoms with Crippen LogP contribution in [0.25, 0.3) is 0 Å². The molecule has 126 valence electrons. The molecule has 0 spiro atoms. The van der Waals surface area contributed by atoms with Crippen LogP contribution in [-0.2, 0) is 23.2 Å². The van der Waals surface area contributed by atoms with Crippen LogP contribution in [0.1, 0.15) is 37.5 Å². The zero-order chi connectivity index (χ0) is 16.0. The summed E-state index contributed by atoms with van der Waals surface area (Å²) in [6.07, 6.45) is 0.851. The first-order valence-electron chi connectivity index (χ1n) is 7.92. The van der Waals surface area contributed by atoms with Crippen molar-refractivity contribution < 1.29 is 4.74 Å². The van der Waals surface area contributed by atoms with Gasteiger partial charge in [-0.3, -0.25) is 0 Å². The van der Waals surface area contributed by atoms with Gasteiger partial charge in [-0.15, -0.1) is 12.4 Å². The van der Waals surface area contributed by atoms with Crippen LogP contribution < -0.4 is 5.73 Å². The summed E-state index contributed by atoms with van der Waals surface area (Å²) in [5, 5.41) is 0. The molecular weight excluding hydrogens is 306 g/mol. The van der Waals surface area contributed by atoms with Gasteiger partial charge in [0.15, 0.2) is 0 Å². The van der Waals surface area contributed by atoms with Crippen molar-refractivity contribution in [3.05, 3.63) is 71.3 Å². The third-order valence-corrected chi connectivity index (χ3v) is 3.76. The molecule has 0 aliphatic carbocycles. The average molecular weight is 334 g/mol. The highest BCUT2D eigenvalue weighted by atomic mass is 35.5. The highest BCUT2D eigenvalue weighted by molar-refractivity contribution is 5.85. The predicted molar refractivity (Wildman–Crippen MR) is 100 cm³/mol. The van der Waals surface area contributed by atoms with Crippen molar-refractivity contribution in [1.82, 2.24) is 0 Å². The minimum atomic E-state index is 0. The number of rotatable bonds is 6. The number of ether oxygens (including phenoxy) is 1. The predicted octanol–water partition coefficient (Wildman–Crippen LogP) is 4.49. The first-order chi connectivity index (χ1) is 10.4. The quantitative estimate of drug-likeness (QED) is 0.845. The largest absolute Gasteiger partial charge is 0.375 e. The lowest BCUT2D eigenvalue weighted by Crippen LogP contribution is -2.28. The van der Waals surface area contributed by atoms with Gasteiger partial charge >= 0.3 is 0 Å². The molecule has 0 heterocycles. The summed E-state index contributed by atoms with van der Waals surface area (Å²) in [7, 11) is 0. The van der Waals surface area contributed by atoms with Crippen LogP contribution in [0.2, 0.25) is 0 Å². The lowest BCUT2D eigenvalue weighted by atomic mass is 9.87. The topological polar surface area (TPSA) is 35.2 Å². The molecule has 23 heavy (non-hydrogen) atoms. The van der Waals surface area contributed by atoms with Crippen molar-refractivity contribution in [3.8, 4) is 0 Å². The summed E-state index contributed by atoms with van der Waals surface area (Å²) in [5.41, 5.74) is 10.1. The van der Waals surface area contributed by atoms with Crippen molar-refractivity contribution in [3.63, 3.8) is 0 Å². The fourth-order valence-electron chi connectivity index (χ4n) is 2.40. The van der Waals surface area contributed by atoms with Gasteiger partial charge in [0.05, 0.1) is 13.2 Å². The lowest BCUT2D eigenvalue weighted by molar-refractivity contribution is 0.108. The molecule has 0 fully saturated rings. The third kappa shape index (κ3) is 6.74. The second-order valence-electron chi connectivity index (χ2n) is 6.91. The molecule has 0 aliphatic heterocycles. The maximum atomic E-state index is 6.13. The Morgan fingerprint density at radius 3 is 2.09 bits per heavy atom. The first kappa shape index (κ1) is 19.7. The van der Waals surface area contributed by atoms with E-state index in [1.54, 1.807) is 0 Å². The van der Waals surface area contributed by atoms with Crippen LogP contribution in [0.4, 0.5) is 0 Å². The van der Waals surface area contributed by atoms with Gasteiger partial charge in [-0.25, -0.2) is 0 Å². The van der Waals surface area contributed by atoms with Gasteiger partial charge in [0, 0.05) is 6.04 Å². The first-order valence-corrected chi connectivity index (χ1v) is 7.92. The molecule has 2 rings (SSSR count). The van der Waals surface area contributed by atoms with Gasteiger partial charge in [-0.1, -0.05) is 75.4 Å². The number of hydrogen-bond donors (Lipinski definition) is 1. The van der Waals surface area contributed by atoms with Crippen LogP contribution in [0.5, 0.6) is 0 Å². The van der Waals surface area contributed by atoms with E-state index in [9.17, 15) is 0 Å². The normalized spacial score (nSPS) is 12.5. The van der Waals surface area contributed by atoms with Gasteiger partial charge in [0.2, 0.25) is 0 Å². The molecular formula is C20H28ClNO. The van der Waals surface area contributed by atoms with Gasteiger partial charge in [-0.2, -0.15) is 0 Å². The molecule has 2 aromatic carbocycles. The Bertz CT molecular complexity index is 560. The van der Waals surface area contributed by atoms with E-state index in [0.717, 1.165) is 6.42 Å². The number of benzene rings is 2. The molecule has 0 aliphatic rings. The molecule has 0 aromatic heterocycles. The summed E-state index contributed by atoms with van der Waals surface area (Å²) in [5.74, 6) is 0. The minimum Gasteiger partial charge on any atom is -0.375 e. The molecule has 2 aromatic rings.